The first kappa shape index (κ1) is 32.1. The molecule has 1 amide bonds. The molecule has 0 bridgehead atoms. The van der Waals surface area contributed by atoms with Gasteiger partial charge in [-0.3, -0.25) is 14.4 Å². The third kappa shape index (κ3) is 7.96. The van der Waals surface area contributed by atoms with Gasteiger partial charge >= 0.3 is 0 Å². The number of nitrogens with zero attached hydrogens (tertiary/aromatic N) is 2. The van der Waals surface area contributed by atoms with Crippen LogP contribution in [0.3, 0.4) is 0 Å². The summed E-state index contributed by atoms with van der Waals surface area (Å²) in [4.78, 5) is 17.4. The highest BCUT2D eigenvalue weighted by atomic mass is 35.5. The fourth-order valence-corrected chi connectivity index (χ4v) is 6.33. The number of sulfonamides is 1. The van der Waals surface area contributed by atoms with Crippen LogP contribution in [0.1, 0.15) is 30.5 Å². The first-order valence-corrected chi connectivity index (χ1v) is 16.0. The molecule has 0 saturated heterocycles. The van der Waals surface area contributed by atoms with Crippen LogP contribution in [0, 0.1) is 12.8 Å². The van der Waals surface area contributed by atoms with Gasteiger partial charge in [-0.25, -0.2) is 8.42 Å². The Morgan fingerprint density at radius 3 is 2.48 bits per heavy atom. The first-order chi connectivity index (χ1) is 19.9. The van der Waals surface area contributed by atoms with Crippen molar-refractivity contribution in [3.63, 3.8) is 0 Å². The topological polar surface area (TPSA) is 99.2 Å². The van der Waals surface area contributed by atoms with Crippen LogP contribution in [-0.4, -0.2) is 68.1 Å². The van der Waals surface area contributed by atoms with Crippen molar-refractivity contribution in [2.75, 3.05) is 31.5 Å². The number of anilines is 1. The maximum absolute atomic E-state index is 13.5. The standard InChI is InChI=1S/C31H37Cl2N3O5S/c1-20-5-9-26(10-6-20)42(39,40)34-25-8-12-29-24(14-25)15-31(38)36(22(3)19-37)16-21(2)30(41-29)18-35(4)17-23-7-11-27(32)28(33)13-23/h5-14,21-22,30,34,37H,15-19H2,1-4H3/t21-,22+,30-/m1/s1. The van der Waals surface area contributed by atoms with E-state index in [9.17, 15) is 18.3 Å². The summed E-state index contributed by atoms with van der Waals surface area (Å²) in [6.45, 7) is 7.08. The molecule has 1 heterocycles. The molecule has 3 aromatic rings. The number of amides is 1. The Kier molecular flexibility index (Phi) is 10.4. The summed E-state index contributed by atoms with van der Waals surface area (Å²) in [7, 11) is -1.86. The lowest BCUT2D eigenvalue weighted by Crippen LogP contribution is -2.47. The Balaban J connectivity index is 1.62. The summed E-state index contributed by atoms with van der Waals surface area (Å²) in [6, 6.07) is 16.7. The molecule has 1 aliphatic rings. The van der Waals surface area contributed by atoms with Gasteiger partial charge in [0.1, 0.15) is 11.9 Å². The van der Waals surface area contributed by atoms with Crippen LogP contribution in [0.15, 0.2) is 65.6 Å². The van der Waals surface area contributed by atoms with Crippen molar-refractivity contribution in [1.82, 2.24) is 9.80 Å². The van der Waals surface area contributed by atoms with Crippen molar-refractivity contribution < 1.29 is 23.1 Å². The monoisotopic (exact) mass is 633 g/mol. The normalized spacial score (nSPS) is 18.5. The summed E-state index contributed by atoms with van der Waals surface area (Å²) < 4.78 is 35.3. The number of hydrogen-bond donors (Lipinski definition) is 2. The summed E-state index contributed by atoms with van der Waals surface area (Å²) >= 11 is 12.3. The number of rotatable bonds is 9. The number of fused-ring (bicyclic) bond motifs is 1. The van der Waals surface area contributed by atoms with E-state index in [1.54, 1.807) is 53.4 Å². The zero-order valence-corrected chi connectivity index (χ0v) is 26.5. The van der Waals surface area contributed by atoms with E-state index in [-0.39, 0.29) is 41.9 Å². The third-order valence-electron chi connectivity index (χ3n) is 7.43. The summed E-state index contributed by atoms with van der Waals surface area (Å²) in [5.41, 5.74) is 2.84. The number of ether oxygens (including phenoxy) is 1. The minimum Gasteiger partial charge on any atom is -0.488 e. The van der Waals surface area contributed by atoms with Gasteiger partial charge in [0.05, 0.1) is 34.0 Å². The lowest BCUT2D eigenvalue weighted by atomic mass is 10.0. The number of benzene rings is 3. The minimum atomic E-state index is -3.84. The highest BCUT2D eigenvalue weighted by Crippen LogP contribution is 2.30. The van der Waals surface area contributed by atoms with E-state index in [0.717, 1.165) is 11.1 Å². The second kappa shape index (κ2) is 13.7. The molecule has 2 N–H and O–H groups in total. The van der Waals surface area contributed by atoms with Gasteiger partial charge in [0.2, 0.25) is 5.91 Å². The predicted molar refractivity (Wildman–Crippen MR) is 167 cm³/mol. The van der Waals surface area contributed by atoms with Gasteiger partial charge in [-0.05, 0) is 68.9 Å². The largest absolute Gasteiger partial charge is 0.488 e. The molecule has 11 heteroatoms. The van der Waals surface area contributed by atoms with E-state index in [2.05, 4.69) is 9.62 Å². The molecule has 0 saturated carbocycles. The fourth-order valence-electron chi connectivity index (χ4n) is 4.96. The Hall–Kier alpha value is -2.82. The summed E-state index contributed by atoms with van der Waals surface area (Å²) in [5, 5.41) is 10.9. The SMILES string of the molecule is Cc1ccc(S(=O)(=O)Nc2ccc3c(c2)CC(=O)N([C@@H](C)CO)C[C@@H](C)[C@@H](CN(C)Cc2ccc(Cl)c(Cl)c2)O3)cc1. The van der Waals surface area contributed by atoms with Crippen LogP contribution < -0.4 is 9.46 Å². The van der Waals surface area contributed by atoms with E-state index < -0.39 is 10.0 Å². The van der Waals surface area contributed by atoms with Crippen molar-refractivity contribution in [1.29, 1.82) is 0 Å². The number of nitrogens with one attached hydrogen (secondary N) is 1. The van der Waals surface area contributed by atoms with Gasteiger partial charge in [-0.15, -0.1) is 0 Å². The van der Waals surface area contributed by atoms with Gasteiger partial charge < -0.3 is 14.7 Å². The van der Waals surface area contributed by atoms with E-state index in [1.807, 2.05) is 40.0 Å². The molecule has 0 radical (unpaired) electrons. The molecule has 1 aliphatic heterocycles. The van der Waals surface area contributed by atoms with Crippen molar-refractivity contribution >= 4 is 44.8 Å². The van der Waals surface area contributed by atoms with Crippen LogP contribution in [0.5, 0.6) is 5.75 Å². The maximum atomic E-state index is 13.5. The maximum Gasteiger partial charge on any atom is 0.261 e. The molecule has 4 rings (SSSR count). The van der Waals surface area contributed by atoms with Crippen molar-refractivity contribution in [2.45, 2.75) is 50.8 Å². The number of likely N-dealkylation sites (N-methyl/N-ethyl adjacent to an activating group) is 1. The Bertz CT molecular complexity index is 1520. The number of aliphatic hydroxyl groups is 1. The van der Waals surface area contributed by atoms with E-state index in [4.69, 9.17) is 27.9 Å². The average Bonchev–Trinajstić information content (AvgIpc) is 2.98. The minimum absolute atomic E-state index is 0.00166. The molecular weight excluding hydrogens is 597 g/mol. The second-order valence-corrected chi connectivity index (χ2v) is 13.6. The number of aliphatic hydroxyl groups excluding tert-OH is 1. The number of halogens is 2. The highest BCUT2D eigenvalue weighted by Gasteiger charge is 2.31. The molecule has 0 aliphatic carbocycles. The van der Waals surface area contributed by atoms with Gasteiger partial charge in [0.15, 0.2) is 0 Å². The molecule has 3 atom stereocenters. The second-order valence-electron chi connectivity index (χ2n) is 11.1. The van der Waals surface area contributed by atoms with Crippen LogP contribution in [-0.2, 0) is 27.8 Å². The number of hydrogen-bond acceptors (Lipinski definition) is 6. The zero-order chi connectivity index (χ0) is 30.6. The van der Waals surface area contributed by atoms with Crippen LogP contribution >= 0.6 is 23.2 Å². The molecule has 3 aromatic carbocycles. The number of aryl methyl sites for hydroxylation is 1. The predicted octanol–water partition coefficient (Wildman–Crippen LogP) is 5.38. The van der Waals surface area contributed by atoms with E-state index in [0.29, 0.717) is 46.7 Å². The molecule has 0 fully saturated rings. The fraction of sp³-hybridized carbons (Fsp3) is 0.387. The highest BCUT2D eigenvalue weighted by molar-refractivity contribution is 7.92. The van der Waals surface area contributed by atoms with Crippen molar-refractivity contribution in [2.24, 2.45) is 5.92 Å². The molecule has 0 spiro atoms. The van der Waals surface area contributed by atoms with Crippen LogP contribution in [0.25, 0.3) is 0 Å². The van der Waals surface area contributed by atoms with Gasteiger partial charge in [0.25, 0.3) is 10.0 Å². The Morgan fingerprint density at radius 1 is 1.10 bits per heavy atom. The molecule has 0 aromatic heterocycles. The van der Waals surface area contributed by atoms with Gasteiger partial charge in [-0.2, -0.15) is 0 Å². The van der Waals surface area contributed by atoms with Crippen molar-refractivity contribution in [3.8, 4) is 5.75 Å². The molecule has 8 nitrogen and oxygen atoms in total. The number of carbonyl (C=O) groups excluding carboxylic acids is 1. The van der Waals surface area contributed by atoms with Crippen LogP contribution in [0.4, 0.5) is 5.69 Å². The molecule has 226 valence electrons. The molecule has 0 unspecified atom stereocenters. The lowest BCUT2D eigenvalue weighted by Gasteiger charge is -2.34. The van der Waals surface area contributed by atoms with E-state index in [1.165, 1.54) is 0 Å². The smallest absolute Gasteiger partial charge is 0.261 e. The molecule has 42 heavy (non-hydrogen) atoms. The average molecular weight is 635 g/mol. The van der Waals surface area contributed by atoms with Gasteiger partial charge in [0, 0.05) is 36.8 Å². The van der Waals surface area contributed by atoms with Gasteiger partial charge in [-0.1, -0.05) is 53.9 Å². The summed E-state index contributed by atoms with van der Waals surface area (Å²) in [6.07, 6.45) is -0.316. The Morgan fingerprint density at radius 2 is 1.81 bits per heavy atom. The first-order valence-electron chi connectivity index (χ1n) is 13.8. The van der Waals surface area contributed by atoms with E-state index >= 15 is 0 Å². The Labute approximate surface area is 258 Å². The van der Waals surface area contributed by atoms with Crippen LogP contribution in [0.2, 0.25) is 10.0 Å². The summed E-state index contributed by atoms with van der Waals surface area (Å²) in [5.74, 6) is 0.265. The number of carbonyl (C=O) groups is 1. The quantitative estimate of drug-likeness (QED) is 0.328. The molecular formula is C31H37Cl2N3O5S. The van der Waals surface area contributed by atoms with Crippen molar-refractivity contribution in [3.05, 3.63) is 87.4 Å². The lowest BCUT2D eigenvalue weighted by molar-refractivity contribution is -0.134. The zero-order valence-electron chi connectivity index (χ0n) is 24.2. The third-order valence-corrected chi connectivity index (χ3v) is 9.56.